The number of aromatic nitrogens is 5. The van der Waals surface area contributed by atoms with Crippen molar-refractivity contribution in [1.29, 1.82) is 0 Å². The molecule has 2 saturated heterocycles. The summed E-state index contributed by atoms with van der Waals surface area (Å²) in [5.74, 6) is 0.506. The first-order valence-corrected chi connectivity index (χ1v) is 14.6. The Labute approximate surface area is 246 Å². The van der Waals surface area contributed by atoms with Crippen LogP contribution in [0.4, 0.5) is 10.2 Å². The highest BCUT2D eigenvalue weighted by Gasteiger charge is 2.44. The number of hydrogen-bond donors (Lipinski definition) is 2. The predicted octanol–water partition coefficient (Wildman–Crippen LogP) is 5.24. The minimum atomic E-state index is -0.620. The summed E-state index contributed by atoms with van der Waals surface area (Å²) in [6, 6.07) is 10.4. The number of pyridine rings is 2. The Morgan fingerprint density at radius 3 is 2.79 bits per heavy atom. The number of aromatic amines is 1. The summed E-state index contributed by atoms with van der Waals surface area (Å²) < 4.78 is 22.0. The van der Waals surface area contributed by atoms with Crippen molar-refractivity contribution in [1.82, 2.24) is 35.2 Å². The third-order valence-electron chi connectivity index (χ3n) is 8.51. The number of amides is 1. The van der Waals surface area contributed by atoms with Crippen LogP contribution in [0.2, 0.25) is 5.02 Å². The number of anilines is 1. The number of nitrogens with one attached hydrogen (secondary N) is 2. The highest BCUT2D eigenvalue weighted by atomic mass is 35.5. The molecular formula is C30H30ClFN8O2. The van der Waals surface area contributed by atoms with Crippen molar-refractivity contribution in [3.8, 4) is 16.9 Å². The molecule has 4 aromatic heterocycles. The van der Waals surface area contributed by atoms with Gasteiger partial charge in [-0.1, -0.05) is 17.7 Å². The molecular weight excluding hydrogens is 559 g/mol. The fraction of sp³-hybridized carbons (Fsp3) is 0.333. The number of piperidine rings is 1. The minimum Gasteiger partial charge on any atom is -0.492 e. The van der Waals surface area contributed by atoms with Gasteiger partial charge in [0.1, 0.15) is 17.4 Å². The number of carbonyl (C=O) groups excluding carboxylic acids is 1. The second-order valence-corrected chi connectivity index (χ2v) is 11.3. The van der Waals surface area contributed by atoms with Gasteiger partial charge in [0.25, 0.3) is 5.91 Å². The Hall–Kier alpha value is -4.22. The Bertz CT molecular complexity index is 1760. The zero-order valence-corrected chi connectivity index (χ0v) is 23.9. The second-order valence-electron chi connectivity index (χ2n) is 10.9. The van der Waals surface area contributed by atoms with E-state index in [4.69, 9.17) is 21.3 Å². The van der Waals surface area contributed by atoms with Crippen LogP contribution in [0.15, 0.2) is 55.0 Å². The minimum absolute atomic E-state index is 0.109. The number of H-pyrrole nitrogens is 1. The van der Waals surface area contributed by atoms with Crippen LogP contribution < -0.4 is 15.1 Å². The fourth-order valence-corrected chi connectivity index (χ4v) is 6.67. The molecule has 2 N–H and O–H groups in total. The first-order valence-electron chi connectivity index (χ1n) is 14.2. The highest BCUT2D eigenvalue weighted by molar-refractivity contribution is 6.33. The van der Waals surface area contributed by atoms with Crippen LogP contribution in [-0.2, 0) is 0 Å². The van der Waals surface area contributed by atoms with Crippen LogP contribution in [0.5, 0.6) is 5.75 Å². The largest absolute Gasteiger partial charge is 0.492 e. The van der Waals surface area contributed by atoms with Gasteiger partial charge in [-0.25, -0.2) is 18.9 Å². The first-order chi connectivity index (χ1) is 20.5. The van der Waals surface area contributed by atoms with E-state index in [1.165, 1.54) is 18.2 Å². The summed E-state index contributed by atoms with van der Waals surface area (Å²) in [6.45, 7) is 4.82. The number of fused-ring (bicyclic) bond motifs is 3. The number of hydrogen-bond acceptors (Lipinski definition) is 7. The number of nitrogens with zero attached hydrogens (tertiary/aromatic N) is 6. The lowest BCUT2D eigenvalue weighted by atomic mass is 9.85. The van der Waals surface area contributed by atoms with E-state index in [1.54, 1.807) is 6.20 Å². The van der Waals surface area contributed by atoms with Crippen LogP contribution in [0.1, 0.15) is 43.0 Å². The number of halogens is 2. The predicted molar refractivity (Wildman–Crippen MR) is 158 cm³/mol. The van der Waals surface area contributed by atoms with Gasteiger partial charge in [0.15, 0.2) is 5.65 Å². The smallest absolute Gasteiger partial charge is 0.270 e. The molecule has 216 valence electrons. The third kappa shape index (κ3) is 4.53. The van der Waals surface area contributed by atoms with E-state index in [9.17, 15) is 9.18 Å². The summed E-state index contributed by atoms with van der Waals surface area (Å²) in [4.78, 5) is 20.1. The van der Waals surface area contributed by atoms with Crippen molar-refractivity contribution < 1.29 is 13.9 Å². The number of hydrazine groups is 1. The Balaban J connectivity index is 1.08. The molecule has 1 spiro atoms. The molecule has 2 aliphatic heterocycles. The summed E-state index contributed by atoms with van der Waals surface area (Å²) in [6.07, 6.45) is 9.20. The van der Waals surface area contributed by atoms with Gasteiger partial charge in [0.2, 0.25) is 0 Å². The Kier molecular flexibility index (Phi) is 6.70. The molecule has 1 aromatic carbocycles. The zero-order chi connectivity index (χ0) is 28.8. The number of benzene rings is 1. The van der Waals surface area contributed by atoms with Crippen molar-refractivity contribution in [2.24, 2.45) is 0 Å². The molecule has 10 nitrogen and oxygen atoms in total. The molecule has 2 aliphatic rings. The van der Waals surface area contributed by atoms with Crippen LogP contribution in [-0.4, -0.2) is 67.5 Å². The van der Waals surface area contributed by atoms with Crippen molar-refractivity contribution in [3.05, 3.63) is 71.4 Å². The maximum absolute atomic E-state index is 14.4. The van der Waals surface area contributed by atoms with Crippen LogP contribution in [0.3, 0.4) is 0 Å². The van der Waals surface area contributed by atoms with Gasteiger partial charge < -0.3 is 9.64 Å². The van der Waals surface area contributed by atoms with Gasteiger partial charge >= 0.3 is 0 Å². The molecule has 6 heterocycles. The maximum Gasteiger partial charge on any atom is 0.270 e. The Morgan fingerprint density at radius 1 is 1.17 bits per heavy atom. The van der Waals surface area contributed by atoms with Gasteiger partial charge in [-0.15, -0.1) is 5.10 Å². The lowest BCUT2D eigenvalue weighted by Crippen LogP contribution is -2.58. The zero-order valence-electron chi connectivity index (χ0n) is 23.1. The van der Waals surface area contributed by atoms with Crippen molar-refractivity contribution in [2.75, 3.05) is 31.1 Å². The molecule has 42 heavy (non-hydrogen) atoms. The quantitative estimate of drug-likeness (QED) is 0.279. The second kappa shape index (κ2) is 10.6. The van der Waals surface area contributed by atoms with Gasteiger partial charge in [0, 0.05) is 42.5 Å². The number of rotatable bonds is 6. The average Bonchev–Trinajstić information content (AvgIpc) is 3.69. The van der Waals surface area contributed by atoms with E-state index in [0.717, 1.165) is 78.9 Å². The van der Waals surface area contributed by atoms with E-state index in [0.29, 0.717) is 12.3 Å². The molecule has 0 atom stereocenters. The van der Waals surface area contributed by atoms with Crippen molar-refractivity contribution >= 4 is 39.9 Å². The summed E-state index contributed by atoms with van der Waals surface area (Å²) >= 11 is 6.14. The molecule has 0 unspecified atom stereocenters. The highest BCUT2D eigenvalue weighted by Crippen LogP contribution is 2.39. The molecule has 0 bridgehead atoms. The van der Waals surface area contributed by atoms with Gasteiger partial charge in [0.05, 0.1) is 40.5 Å². The number of carbonyl (C=O) groups is 1. The van der Waals surface area contributed by atoms with Crippen molar-refractivity contribution in [3.63, 3.8) is 0 Å². The Morgan fingerprint density at radius 2 is 2.02 bits per heavy atom. The lowest BCUT2D eigenvalue weighted by Gasteiger charge is -2.45. The standard InChI is InChI=1S/C30H30ClFN8O2/c1-2-42-20-15-21(27-22-17-34-35-28(22)36-39(27)18-20)19-7-8-25(33-16-19)38-13-10-30(11-14-38)9-4-12-40(30)37-29(41)26-23(31)5-3-6-24(26)32/h3,5-8,15-18H,2,4,9-14H2,1H3,(H,35,36)(H,37,41). The summed E-state index contributed by atoms with van der Waals surface area (Å²) in [5, 5.41) is 14.8. The molecule has 0 aliphatic carbocycles. The van der Waals surface area contributed by atoms with Gasteiger partial charge in [-0.05, 0) is 62.9 Å². The van der Waals surface area contributed by atoms with Gasteiger partial charge in [-0.2, -0.15) is 5.10 Å². The van der Waals surface area contributed by atoms with E-state index in [-0.39, 0.29) is 16.1 Å². The topological polar surface area (TPSA) is 104 Å². The fourth-order valence-electron chi connectivity index (χ4n) is 6.42. The third-order valence-corrected chi connectivity index (χ3v) is 8.83. The normalized spacial score (nSPS) is 17.0. The number of ether oxygens (including phenoxy) is 1. The maximum atomic E-state index is 14.4. The molecule has 5 aromatic rings. The molecule has 2 fully saturated rings. The van der Waals surface area contributed by atoms with E-state index < -0.39 is 11.7 Å². The first kappa shape index (κ1) is 26.7. The van der Waals surface area contributed by atoms with E-state index in [1.807, 2.05) is 34.9 Å². The average molecular weight is 589 g/mol. The van der Waals surface area contributed by atoms with Gasteiger partial charge in [-0.3, -0.25) is 15.3 Å². The molecule has 12 heteroatoms. The molecule has 0 saturated carbocycles. The van der Waals surface area contributed by atoms with E-state index >= 15 is 0 Å². The summed E-state index contributed by atoms with van der Waals surface area (Å²) in [7, 11) is 0. The molecule has 0 radical (unpaired) electrons. The molecule has 1 amide bonds. The monoisotopic (exact) mass is 588 g/mol. The summed E-state index contributed by atoms with van der Waals surface area (Å²) in [5.41, 5.74) is 6.26. The van der Waals surface area contributed by atoms with Crippen molar-refractivity contribution in [2.45, 2.75) is 38.1 Å². The molecule has 7 rings (SSSR count). The lowest BCUT2D eigenvalue weighted by molar-refractivity contribution is 0.0421. The van der Waals surface area contributed by atoms with Crippen LogP contribution in [0.25, 0.3) is 27.7 Å². The van der Waals surface area contributed by atoms with Crippen LogP contribution >= 0.6 is 11.6 Å². The SMILES string of the molecule is CCOc1cc(-c2ccc(N3CCC4(CCCN4NC(=O)c4c(F)cccc4Cl)CC3)nc2)c2c3cn[nH]c3nn2c1. The van der Waals surface area contributed by atoms with Crippen LogP contribution in [0, 0.1) is 5.82 Å². The van der Waals surface area contributed by atoms with E-state index in [2.05, 4.69) is 37.8 Å².